The van der Waals surface area contributed by atoms with Gasteiger partial charge in [0.05, 0.1) is 48.4 Å². The Morgan fingerprint density at radius 1 is 0.644 bits per heavy atom. The number of aliphatic carboxylic acids is 2. The fourth-order valence-electron chi connectivity index (χ4n) is 12.5. The first-order valence-corrected chi connectivity index (χ1v) is 31.1. The molecule has 87 heavy (non-hydrogen) atoms. The van der Waals surface area contributed by atoms with Crippen LogP contribution in [0.1, 0.15) is 168 Å². The Labute approximate surface area is 512 Å². The number of aliphatic hydroxyl groups is 1. The van der Waals surface area contributed by atoms with Gasteiger partial charge in [0.2, 0.25) is 11.8 Å². The highest BCUT2D eigenvalue weighted by molar-refractivity contribution is 6.28. The van der Waals surface area contributed by atoms with Crippen LogP contribution in [-0.2, 0) is 47.8 Å². The molecular formula is C66H85ClN4O16. The van der Waals surface area contributed by atoms with Crippen molar-refractivity contribution < 1.29 is 76.7 Å². The number of ketones is 2. The van der Waals surface area contributed by atoms with Crippen LogP contribution in [0.25, 0.3) is 22.2 Å². The quantitative estimate of drug-likeness (QED) is 0.109. The molecule has 0 bridgehead atoms. The summed E-state index contributed by atoms with van der Waals surface area (Å²) in [5.74, 6) is -5.89. The van der Waals surface area contributed by atoms with Gasteiger partial charge in [-0.3, -0.25) is 38.4 Å². The number of allylic oxidation sites excluding steroid dienone is 4. The Hall–Kier alpha value is -6.93. The third kappa shape index (κ3) is 17.2. The zero-order chi connectivity index (χ0) is 63.2. The SMILES string of the molecule is CC(C)(C)OC(=O)C[C@H]1CCCCC/C=C\[C@@H]2C[C@@]2(C(=O)O)CC(=O)[C@@H]2C[C@@H](O)CN2C1=O.Cc1ccc2oc(Cl)nc2c1.Cc1ccc2oc(O[C@@H]3C[C@H]4C(=O)C[C@]5(C(=O)O)C[C@H]5/C=C\CCCCC[C@H](CC(=O)OC(C)(C)C)C(=O)N4C3)nc2c1. The fourth-order valence-corrected chi connectivity index (χ4v) is 12.7. The number of carboxylic acid groups (broad SMARTS) is 2. The molecule has 2 aliphatic carbocycles. The molecule has 6 heterocycles. The highest BCUT2D eigenvalue weighted by Gasteiger charge is 2.62. The number of carboxylic acids is 2. The molecule has 2 saturated carbocycles. The third-order valence-electron chi connectivity index (χ3n) is 17.2. The van der Waals surface area contributed by atoms with E-state index in [1.165, 1.54) is 9.80 Å². The van der Waals surface area contributed by atoms with Gasteiger partial charge in [-0.25, -0.2) is 0 Å². The molecule has 0 unspecified atom stereocenters. The lowest BCUT2D eigenvalue weighted by Crippen LogP contribution is -2.45. The first kappa shape index (κ1) is 66.0. The average molecular weight is 1230 g/mol. The zero-order valence-electron chi connectivity index (χ0n) is 51.4. The molecule has 2 aromatic carbocycles. The summed E-state index contributed by atoms with van der Waals surface area (Å²) in [6, 6.07) is 9.62. The van der Waals surface area contributed by atoms with Gasteiger partial charge in [-0.05, 0) is 166 Å². The van der Waals surface area contributed by atoms with Gasteiger partial charge in [-0.2, -0.15) is 9.97 Å². The summed E-state index contributed by atoms with van der Waals surface area (Å²) in [6.07, 6.45) is 14.7. The number of oxazole rings is 2. The molecule has 10 rings (SSSR count). The summed E-state index contributed by atoms with van der Waals surface area (Å²) < 4.78 is 27.9. The van der Waals surface area contributed by atoms with Crippen molar-refractivity contribution in [2.75, 3.05) is 13.1 Å². The van der Waals surface area contributed by atoms with Gasteiger partial charge < -0.3 is 48.2 Å². The molecule has 4 fully saturated rings. The molecule has 4 aliphatic heterocycles. The Morgan fingerprint density at radius 2 is 1.10 bits per heavy atom. The van der Waals surface area contributed by atoms with Gasteiger partial charge in [-0.15, -0.1) is 0 Å². The lowest BCUT2D eigenvalue weighted by molar-refractivity contribution is -0.159. The predicted octanol–water partition coefficient (Wildman–Crippen LogP) is 11.1. The van der Waals surface area contributed by atoms with Crippen LogP contribution in [0, 0.1) is 48.3 Å². The third-order valence-corrected chi connectivity index (χ3v) is 17.4. The highest BCUT2D eigenvalue weighted by atomic mass is 35.5. The van der Waals surface area contributed by atoms with Crippen LogP contribution in [0.15, 0.2) is 69.5 Å². The van der Waals surface area contributed by atoms with Crippen molar-refractivity contribution in [1.29, 1.82) is 0 Å². The molecular weight excluding hydrogens is 1140 g/mol. The largest absolute Gasteiger partial charge is 0.481 e. The molecule has 4 aromatic rings. The van der Waals surface area contributed by atoms with Gasteiger partial charge in [0.1, 0.15) is 28.3 Å². The summed E-state index contributed by atoms with van der Waals surface area (Å²) in [7, 11) is 0. The van der Waals surface area contributed by atoms with E-state index in [1.54, 1.807) is 41.5 Å². The van der Waals surface area contributed by atoms with E-state index in [9.17, 15) is 53.7 Å². The number of aliphatic hydroxyl groups excluding tert-OH is 1. The van der Waals surface area contributed by atoms with E-state index in [1.807, 2.05) is 74.5 Å². The normalized spacial score (nSPS) is 28.9. The number of Topliss-reactive ketones (excluding diaryl/α,β-unsaturated/α-hetero) is 2. The zero-order valence-corrected chi connectivity index (χ0v) is 52.1. The number of rotatable bonds is 8. The van der Waals surface area contributed by atoms with Gasteiger partial charge in [0, 0.05) is 44.1 Å². The molecule has 3 N–H and O–H groups in total. The van der Waals surface area contributed by atoms with Gasteiger partial charge in [-0.1, -0.05) is 62.1 Å². The molecule has 2 aromatic heterocycles. The minimum atomic E-state index is -1.16. The number of esters is 2. The molecule has 6 aliphatic rings. The van der Waals surface area contributed by atoms with Crippen LogP contribution >= 0.6 is 11.6 Å². The number of halogens is 1. The second-order valence-corrected chi connectivity index (χ2v) is 27.0. The second-order valence-electron chi connectivity index (χ2n) is 26.7. The van der Waals surface area contributed by atoms with Crippen molar-refractivity contribution >= 4 is 81.1 Å². The maximum Gasteiger partial charge on any atom is 0.394 e. The standard InChI is InChI=1S/C33H42N2O8.C25H37NO7.C8H6ClNO/c1-20-12-13-27-24(14-20)34-31(42-27)41-23-16-25-26(36)18-33(30(39)40)17-22(33)11-9-7-5-6-8-10-21(29(38)35(25)19-23)15-28(37)43-32(2,3)4;1-24(2,3)33-21(29)11-16-9-7-5-4-6-8-10-17-13-25(17,23(31)32)14-20(28)19-12-18(27)15-26(19)22(16)30;1-5-2-3-7-6(4-5)10-8(9)11-7/h9,11-14,21-23,25H,5-8,10,15-19H2,1-4H3,(H,39,40);8,10,16-19,27H,4-7,9,11-15H2,1-3H3,(H,31,32);2-4H,1H3/b11-9-;10-8-;/t21-,22-,23-,25+,33-;16-,17-,18-,19+,25-;/m11./s1. The van der Waals surface area contributed by atoms with Gasteiger partial charge in [0.25, 0.3) is 5.35 Å². The van der Waals surface area contributed by atoms with Crippen molar-refractivity contribution in [1.82, 2.24) is 19.8 Å². The molecule has 2 amide bonds. The Balaban J connectivity index is 0.000000196. The first-order valence-electron chi connectivity index (χ1n) is 30.7. The molecule has 2 saturated heterocycles. The van der Waals surface area contributed by atoms with E-state index >= 15 is 0 Å². The number of aryl methyl sites for hydroxylation is 2. The number of hydrogen-bond acceptors (Lipinski definition) is 16. The van der Waals surface area contributed by atoms with Crippen LogP contribution in [-0.4, -0.2) is 131 Å². The number of hydrogen-bond donors (Lipinski definition) is 3. The number of amides is 2. The lowest BCUT2D eigenvalue weighted by atomic mass is 9.91. The minimum absolute atomic E-state index is 0.0173. The Kier molecular flexibility index (Phi) is 21.0. The second kappa shape index (κ2) is 27.6. The van der Waals surface area contributed by atoms with Crippen molar-refractivity contribution in [2.45, 2.75) is 206 Å². The molecule has 10 atom stereocenters. The smallest absolute Gasteiger partial charge is 0.394 e. The van der Waals surface area contributed by atoms with Crippen LogP contribution < -0.4 is 4.74 Å². The monoisotopic (exact) mass is 1220 g/mol. The summed E-state index contributed by atoms with van der Waals surface area (Å²) >= 11 is 5.56. The number of fused-ring (bicyclic) bond motifs is 6. The molecule has 20 nitrogen and oxygen atoms in total. The van der Waals surface area contributed by atoms with E-state index in [0.717, 1.165) is 73.6 Å². The number of nitrogens with zero attached hydrogens (tertiary/aromatic N) is 4. The number of ether oxygens (including phenoxy) is 3. The van der Waals surface area contributed by atoms with E-state index in [2.05, 4.69) is 9.97 Å². The van der Waals surface area contributed by atoms with Crippen molar-refractivity contribution in [3.05, 3.63) is 77.2 Å². The predicted molar refractivity (Wildman–Crippen MR) is 321 cm³/mol. The number of aromatic nitrogens is 2. The number of benzene rings is 2. The van der Waals surface area contributed by atoms with E-state index in [-0.39, 0.29) is 98.3 Å². The summed E-state index contributed by atoms with van der Waals surface area (Å²) in [5.41, 5.74) is 1.30. The molecule has 0 spiro atoms. The topological polar surface area (TPSA) is 283 Å². The van der Waals surface area contributed by atoms with E-state index in [4.69, 9.17) is 34.6 Å². The Bertz CT molecular complexity index is 3260. The van der Waals surface area contributed by atoms with Crippen molar-refractivity contribution in [3.8, 4) is 6.08 Å². The van der Waals surface area contributed by atoms with Crippen LogP contribution in [0.5, 0.6) is 6.08 Å². The highest BCUT2D eigenvalue weighted by Crippen LogP contribution is 2.58. The average Bonchev–Trinajstić information content (AvgIpc) is 1.95. The lowest BCUT2D eigenvalue weighted by Gasteiger charge is -2.29. The summed E-state index contributed by atoms with van der Waals surface area (Å²) in [4.78, 5) is 116. The van der Waals surface area contributed by atoms with Crippen molar-refractivity contribution in [3.63, 3.8) is 0 Å². The maximum atomic E-state index is 14.1. The van der Waals surface area contributed by atoms with E-state index < -0.39 is 82.0 Å². The van der Waals surface area contributed by atoms with Gasteiger partial charge in [0.15, 0.2) is 22.7 Å². The molecule has 472 valence electrons. The minimum Gasteiger partial charge on any atom is -0.481 e. The maximum absolute atomic E-state index is 14.1. The van der Waals surface area contributed by atoms with E-state index in [0.29, 0.717) is 36.8 Å². The summed E-state index contributed by atoms with van der Waals surface area (Å²) in [5, 5.41) is 30.4. The van der Waals surface area contributed by atoms with Crippen molar-refractivity contribution in [2.24, 2.45) is 34.5 Å². The Morgan fingerprint density at radius 3 is 1.59 bits per heavy atom. The molecule has 21 heteroatoms. The van der Waals surface area contributed by atoms with Crippen LogP contribution in [0.2, 0.25) is 5.35 Å². The number of carbonyl (C=O) groups is 8. The number of carbonyl (C=O) groups excluding carboxylic acids is 6. The van der Waals surface area contributed by atoms with Crippen LogP contribution in [0.3, 0.4) is 0 Å². The fraction of sp³-hybridized carbons (Fsp3) is 0.606. The van der Waals surface area contributed by atoms with Crippen LogP contribution in [0.4, 0.5) is 0 Å². The summed E-state index contributed by atoms with van der Waals surface area (Å²) in [6.45, 7) is 14.7. The van der Waals surface area contributed by atoms with Gasteiger partial charge >= 0.3 is 30.0 Å². The molecule has 0 radical (unpaired) electrons. The first-order chi connectivity index (χ1) is 41.0.